The molecule has 2 fully saturated rings. The zero-order valence-corrected chi connectivity index (χ0v) is 17.1. The lowest BCUT2D eigenvalue weighted by molar-refractivity contribution is -0.0357. The highest BCUT2D eigenvalue weighted by atomic mass is 16.5. The van der Waals surface area contributed by atoms with E-state index in [9.17, 15) is 0 Å². The van der Waals surface area contributed by atoms with Crippen LogP contribution in [0.4, 0.5) is 5.69 Å². The van der Waals surface area contributed by atoms with Crippen LogP contribution in [0.5, 0.6) is 0 Å². The van der Waals surface area contributed by atoms with Crippen LogP contribution < -0.4 is 4.90 Å². The Kier molecular flexibility index (Phi) is 5.33. The van der Waals surface area contributed by atoms with Crippen molar-refractivity contribution in [1.29, 1.82) is 0 Å². The van der Waals surface area contributed by atoms with Crippen molar-refractivity contribution in [3.63, 3.8) is 0 Å². The summed E-state index contributed by atoms with van der Waals surface area (Å²) in [4.78, 5) is 20.2. The number of hydrogen-bond donors (Lipinski definition) is 0. The summed E-state index contributed by atoms with van der Waals surface area (Å²) in [7, 11) is 2.06. The SMILES string of the molecule is CN1C(OCc2cncnc2)=C2CCN(c3ccccc3)C2=NC1N1CCOCC1. The molecule has 156 valence electrons. The Morgan fingerprint density at radius 3 is 2.60 bits per heavy atom. The van der Waals surface area contributed by atoms with Crippen molar-refractivity contribution < 1.29 is 9.47 Å². The molecule has 0 saturated carbocycles. The molecule has 1 aromatic heterocycles. The van der Waals surface area contributed by atoms with Crippen molar-refractivity contribution in [1.82, 2.24) is 19.8 Å². The lowest BCUT2D eigenvalue weighted by Crippen LogP contribution is -2.53. The van der Waals surface area contributed by atoms with E-state index in [0.717, 1.165) is 67.8 Å². The molecule has 0 spiro atoms. The van der Waals surface area contributed by atoms with Crippen LogP contribution in [0, 0.1) is 0 Å². The van der Waals surface area contributed by atoms with E-state index in [0.29, 0.717) is 6.61 Å². The molecule has 0 amide bonds. The van der Waals surface area contributed by atoms with Crippen LogP contribution in [-0.2, 0) is 16.1 Å². The van der Waals surface area contributed by atoms with Gasteiger partial charge in [-0.25, -0.2) is 15.0 Å². The fourth-order valence-electron chi connectivity index (χ4n) is 4.21. The Balaban J connectivity index is 1.48. The Morgan fingerprint density at radius 1 is 1.07 bits per heavy atom. The molecule has 30 heavy (non-hydrogen) atoms. The third-order valence-electron chi connectivity index (χ3n) is 5.70. The quantitative estimate of drug-likeness (QED) is 0.753. The van der Waals surface area contributed by atoms with E-state index in [1.807, 2.05) is 6.07 Å². The lowest BCUT2D eigenvalue weighted by atomic mass is 10.2. The van der Waals surface area contributed by atoms with Crippen molar-refractivity contribution in [2.24, 2.45) is 4.99 Å². The number of hydrogen-bond acceptors (Lipinski definition) is 8. The molecule has 0 bridgehead atoms. The third kappa shape index (κ3) is 3.64. The lowest BCUT2D eigenvalue weighted by Gasteiger charge is -2.41. The molecule has 8 heteroatoms. The average Bonchev–Trinajstić information content (AvgIpc) is 3.23. The van der Waals surface area contributed by atoms with Gasteiger partial charge in [0.15, 0.2) is 12.2 Å². The molecule has 3 aliphatic heterocycles. The first kappa shape index (κ1) is 19.0. The van der Waals surface area contributed by atoms with Crippen LogP contribution in [-0.4, -0.2) is 71.8 Å². The van der Waals surface area contributed by atoms with Gasteiger partial charge in [0, 0.05) is 50.3 Å². The molecule has 5 rings (SSSR count). The predicted octanol–water partition coefficient (Wildman–Crippen LogP) is 2.07. The van der Waals surface area contributed by atoms with E-state index in [-0.39, 0.29) is 6.29 Å². The van der Waals surface area contributed by atoms with Crippen molar-refractivity contribution >= 4 is 11.5 Å². The number of fused-ring (bicyclic) bond motifs is 1. The predicted molar refractivity (Wildman–Crippen MR) is 114 cm³/mol. The van der Waals surface area contributed by atoms with Crippen LogP contribution in [0.25, 0.3) is 0 Å². The number of rotatable bonds is 5. The van der Waals surface area contributed by atoms with Gasteiger partial charge in [0.2, 0.25) is 0 Å². The van der Waals surface area contributed by atoms with E-state index >= 15 is 0 Å². The summed E-state index contributed by atoms with van der Waals surface area (Å²) >= 11 is 0. The van der Waals surface area contributed by atoms with E-state index < -0.39 is 0 Å². The summed E-state index contributed by atoms with van der Waals surface area (Å²) in [5.74, 6) is 1.90. The maximum Gasteiger partial charge on any atom is 0.199 e. The number of aliphatic imine (C=N–C) groups is 1. The van der Waals surface area contributed by atoms with Gasteiger partial charge in [-0.3, -0.25) is 4.90 Å². The summed E-state index contributed by atoms with van der Waals surface area (Å²) in [5, 5.41) is 0. The maximum atomic E-state index is 6.36. The Morgan fingerprint density at radius 2 is 1.83 bits per heavy atom. The molecule has 0 radical (unpaired) electrons. The minimum absolute atomic E-state index is 0.112. The molecule has 2 saturated heterocycles. The van der Waals surface area contributed by atoms with Gasteiger partial charge >= 0.3 is 0 Å². The van der Waals surface area contributed by atoms with Gasteiger partial charge in [0.05, 0.1) is 18.8 Å². The topological polar surface area (TPSA) is 66.3 Å². The number of benzene rings is 1. The number of ether oxygens (including phenoxy) is 2. The second-order valence-corrected chi connectivity index (χ2v) is 7.61. The Hall–Kier alpha value is -2.97. The smallest absolute Gasteiger partial charge is 0.199 e. The summed E-state index contributed by atoms with van der Waals surface area (Å²) in [6.07, 6.45) is 5.90. The second-order valence-electron chi connectivity index (χ2n) is 7.61. The number of morpholine rings is 1. The zero-order valence-electron chi connectivity index (χ0n) is 17.1. The van der Waals surface area contributed by atoms with Gasteiger partial charge in [-0.15, -0.1) is 0 Å². The summed E-state index contributed by atoms with van der Waals surface area (Å²) in [5.41, 5.74) is 3.26. The standard InChI is InChI=1S/C22H26N6O2/c1-26-21(30-15-17-13-23-16-24-14-17)19-7-8-28(18-5-3-2-4-6-18)20(19)25-22(26)27-9-11-29-12-10-27/h2-6,13-14,16,22H,7-12,15H2,1H3. The highest BCUT2D eigenvalue weighted by Crippen LogP contribution is 2.34. The first-order valence-corrected chi connectivity index (χ1v) is 10.4. The van der Waals surface area contributed by atoms with Gasteiger partial charge in [-0.05, 0) is 18.6 Å². The minimum Gasteiger partial charge on any atom is -0.474 e. The molecule has 0 aliphatic carbocycles. The van der Waals surface area contributed by atoms with E-state index in [4.69, 9.17) is 14.5 Å². The molecule has 4 heterocycles. The minimum atomic E-state index is -0.112. The molecule has 1 unspecified atom stereocenters. The average molecular weight is 406 g/mol. The monoisotopic (exact) mass is 406 g/mol. The molecule has 0 N–H and O–H groups in total. The van der Waals surface area contributed by atoms with Crippen LogP contribution in [0.2, 0.25) is 0 Å². The first-order chi connectivity index (χ1) is 14.8. The van der Waals surface area contributed by atoms with Crippen LogP contribution in [0.3, 0.4) is 0 Å². The molecule has 8 nitrogen and oxygen atoms in total. The van der Waals surface area contributed by atoms with Crippen LogP contribution >= 0.6 is 0 Å². The molecule has 1 atom stereocenters. The number of amidine groups is 1. The van der Waals surface area contributed by atoms with Gasteiger partial charge in [0.1, 0.15) is 18.8 Å². The summed E-state index contributed by atoms with van der Waals surface area (Å²) in [6, 6.07) is 10.4. The van der Waals surface area contributed by atoms with E-state index in [1.165, 1.54) is 6.33 Å². The van der Waals surface area contributed by atoms with Crippen molar-refractivity contribution in [2.75, 3.05) is 44.8 Å². The summed E-state index contributed by atoms with van der Waals surface area (Å²) in [6.45, 7) is 4.48. The number of para-hydroxylation sites is 1. The van der Waals surface area contributed by atoms with E-state index in [2.05, 4.69) is 56.0 Å². The van der Waals surface area contributed by atoms with E-state index in [1.54, 1.807) is 12.4 Å². The highest BCUT2D eigenvalue weighted by molar-refractivity contribution is 6.12. The Labute approximate surface area is 176 Å². The summed E-state index contributed by atoms with van der Waals surface area (Å²) < 4.78 is 11.9. The van der Waals surface area contributed by atoms with Gasteiger partial charge in [-0.2, -0.15) is 0 Å². The van der Waals surface area contributed by atoms with Crippen LogP contribution in [0.1, 0.15) is 12.0 Å². The normalized spacial score (nSPS) is 22.2. The first-order valence-electron chi connectivity index (χ1n) is 10.4. The molecule has 3 aliphatic rings. The van der Waals surface area contributed by atoms with Gasteiger partial charge < -0.3 is 19.3 Å². The molecule has 1 aromatic carbocycles. The molecular formula is C22H26N6O2. The van der Waals surface area contributed by atoms with Crippen LogP contribution in [0.15, 0.2) is 65.5 Å². The third-order valence-corrected chi connectivity index (χ3v) is 5.70. The number of nitrogens with zero attached hydrogens (tertiary/aromatic N) is 6. The number of anilines is 1. The van der Waals surface area contributed by atoms with Crippen molar-refractivity contribution in [3.05, 3.63) is 66.1 Å². The molecular weight excluding hydrogens is 380 g/mol. The second kappa shape index (κ2) is 8.41. The van der Waals surface area contributed by atoms with Gasteiger partial charge in [-0.1, -0.05) is 18.2 Å². The Bertz CT molecular complexity index is 927. The highest BCUT2D eigenvalue weighted by Gasteiger charge is 2.39. The maximum absolute atomic E-state index is 6.36. The fraction of sp³-hybridized carbons (Fsp3) is 0.409. The van der Waals surface area contributed by atoms with Crippen molar-refractivity contribution in [3.8, 4) is 0 Å². The van der Waals surface area contributed by atoms with Crippen molar-refractivity contribution in [2.45, 2.75) is 19.3 Å². The van der Waals surface area contributed by atoms with Gasteiger partial charge in [0.25, 0.3) is 0 Å². The number of aromatic nitrogens is 2. The largest absolute Gasteiger partial charge is 0.474 e. The fourth-order valence-corrected chi connectivity index (χ4v) is 4.21. The molecule has 2 aromatic rings. The zero-order chi connectivity index (χ0) is 20.3.